The summed E-state index contributed by atoms with van der Waals surface area (Å²) < 4.78 is 77.3. The second-order valence-electron chi connectivity index (χ2n) is 6.60. The minimum Gasteiger partial charge on any atom is -0.506 e. The molecule has 0 unspecified atom stereocenters. The molecule has 0 aromatic heterocycles. The molecular weight excluding hydrogens is 406 g/mol. The third kappa shape index (κ3) is 4.55. The number of rotatable bonds is 4. The smallest absolute Gasteiger partial charge is 0.409 e. The molecule has 1 aromatic rings. The lowest BCUT2D eigenvalue weighted by molar-refractivity contribution is -0.117. The number of amides is 1. The number of phenols is 1. The summed E-state index contributed by atoms with van der Waals surface area (Å²) in [5.74, 6) is -2.51. The maximum Gasteiger partial charge on any atom is 0.409 e. The first kappa shape index (κ1) is 20.4. The highest BCUT2D eigenvalue weighted by atomic mass is 32.2. The first-order valence-corrected chi connectivity index (χ1v) is 9.73. The number of hydrogen-bond acceptors (Lipinski definition) is 5. The second-order valence-corrected chi connectivity index (χ2v) is 8.20. The van der Waals surface area contributed by atoms with Crippen molar-refractivity contribution in [3.05, 3.63) is 35.2 Å². The zero-order valence-corrected chi connectivity index (χ0v) is 15.3. The van der Waals surface area contributed by atoms with E-state index in [9.17, 15) is 35.9 Å². The molecule has 12 heteroatoms. The lowest BCUT2D eigenvalue weighted by atomic mass is 10.1. The van der Waals surface area contributed by atoms with Gasteiger partial charge in [-0.3, -0.25) is 9.69 Å². The van der Waals surface area contributed by atoms with Crippen LogP contribution in [0.15, 0.2) is 23.8 Å². The molecule has 2 fully saturated rings. The Bertz CT molecular complexity index is 907. The lowest BCUT2D eigenvalue weighted by Gasteiger charge is -2.19. The van der Waals surface area contributed by atoms with E-state index in [1.807, 2.05) is 0 Å². The van der Waals surface area contributed by atoms with Crippen LogP contribution in [-0.2, 0) is 21.4 Å². The van der Waals surface area contributed by atoms with Crippen molar-refractivity contribution in [1.82, 2.24) is 9.62 Å². The van der Waals surface area contributed by atoms with Crippen molar-refractivity contribution in [2.45, 2.75) is 19.0 Å². The van der Waals surface area contributed by atoms with Crippen molar-refractivity contribution in [2.75, 3.05) is 30.5 Å². The first-order chi connectivity index (χ1) is 12.9. The van der Waals surface area contributed by atoms with E-state index in [0.29, 0.717) is 35.5 Å². The van der Waals surface area contributed by atoms with Gasteiger partial charge in [0.15, 0.2) is 5.82 Å². The van der Waals surface area contributed by atoms with Gasteiger partial charge in [-0.15, -0.1) is 0 Å². The molecule has 0 bridgehead atoms. The molecule has 0 saturated carbocycles. The van der Waals surface area contributed by atoms with E-state index in [0.717, 1.165) is 6.07 Å². The number of hydrogen-bond donors (Lipinski definition) is 2. The Morgan fingerprint density at radius 2 is 1.96 bits per heavy atom. The third-order valence-corrected chi connectivity index (χ3v) is 5.81. The van der Waals surface area contributed by atoms with Crippen LogP contribution in [0.5, 0.6) is 5.75 Å². The lowest BCUT2D eigenvalue weighted by Crippen LogP contribution is -2.30. The monoisotopic (exact) mass is 423 g/mol. The Kier molecular flexibility index (Phi) is 5.28. The Morgan fingerprint density at radius 3 is 2.54 bits per heavy atom. The number of carbonyl (C=O) groups excluding carboxylic acids is 1. The van der Waals surface area contributed by atoms with Gasteiger partial charge in [-0.2, -0.15) is 21.6 Å². The molecule has 2 N–H and O–H groups in total. The van der Waals surface area contributed by atoms with Crippen molar-refractivity contribution < 1.29 is 35.9 Å². The largest absolute Gasteiger partial charge is 0.506 e. The molecule has 2 aliphatic heterocycles. The van der Waals surface area contributed by atoms with Crippen LogP contribution in [-0.4, -0.2) is 56.7 Å². The Morgan fingerprint density at radius 1 is 1.25 bits per heavy atom. The van der Waals surface area contributed by atoms with E-state index < -0.39 is 46.1 Å². The van der Waals surface area contributed by atoms with Gasteiger partial charge < -0.3 is 5.11 Å². The third-order valence-electron chi connectivity index (χ3n) is 4.43. The number of phenolic OH excluding ortho intramolecular Hbond substituents is 1. The number of likely N-dealkylation sites (tertiary alicyclic amines) is 1. The number of halogens is 4. The van der Waals surface area contributed by atoms with Gasteiger partial charge in [0.1, 0.15) is 18.0 Å². The standard InChI is InChI=1S/C16H17F4N3O4S/c17-12-5-10(1-3-22-4-2-11(8-22)7-16(18,19)20)6-13(24)15(12)23-9-14(25)21-28(23,26)27/h5-7,24H,1-4,8-9H2,(H,21,25)/b11-7-. The summed E-state index contributed by atoms with van der Waals surface area (Å²) in [5, 5.41) is 10.1. The second kappa shape index (κ2) is 7.24. The average molecular weight is 423 g/mol. The zero-order chi connectivity index (χ0) is 20.7. The highest BCUT2D eigenvalue weighted by Gasteiger charge is 2.37. The van der Waals surface area contributed by atoms with Gasteiger partial charge in [0.2, 0.25) is 0 Å². The number of alkyl halides is 3. The van der Waals surface area contributed by atoms with Gasteiger partial charge in [-0.25, -0.2) is 13.4 Å². The predicted molar refractivity (Wildman–Crippen MR) is 91.4 cm³/mol. The summed E-state index contributed by atoms with van der Waals surface area (Å²) in [6.45, 7) is 0.295. The molecular formula is C16H17F4N3O4S. The van der Waals surface area contributed by atoms with Crippen molar-refractivity contribution in [2.24, 2.45) is 0 Å². The number of anilines is 1. The molecule has 2 aliphatic rings. The number of carbonyl (C=O) groups is 1. The van der Waals surface area contributed by atoms with E-state index in [1.54, 1.807) is 9.62 Å². The molecule has 28 heavy (non-hydrogen) atoms. The highest BCUT2D eigenvalue weighted by molar-refractivity contribution is 7.92. The summed E-state index contributed by atoms with van der Waals surface area (Å²) in [6, 6.07) is 2.22. The quantitative estimate of drug-likeness (QED) is 0.565. The minimum absolute atomic E-state index is 0.159. The topological polar surface area (TPSA) is 90.0 Å². The molecule has 1 aromatic carbocycles. The maximum absolute atomic E-state index is 14.4. The number of allylic oxidation sites excluding steroid dienone is 1. The maximum atomic E-state index is 14.4. The normalized spacial score (nSPS) is 21.5. The number of nitrogens with zero attached hydrogens (tertiary/aromatic N) is 2. The van der Waals surface area contributed by atoms with E-state index >= 15 is 0 Å². The molecule has 154 valence electrons. The van der Waals surface area contributed by atoms with E-state index in [-0.39, 0.29) is 18.5 Å². The fourth-order valence-corrected chi connectivity index (χ4v) is 4.42. The molecule has 7 nitrogen and oxygen atoms in total. The van der Waals surface area contributed by atoms with Crippen molar-refractivity contribution in [3.8, 4) is 5.75 Å². The molecule has 0 atom stereocenters. The Hall–Kier alpha value is -2.34. The van der Waals surface area contributed by atoms with Gasteiger partial charge in [-0.1, -0.05) is 5.57 Å². The molecule has 0 spiro atoms. The van der Waals surface area contributed by atoms with Gasteiger partial charge in [0.25, 0.3) is 5.91 Å². The fourth-order valence-electron chi connectivity index (χ4n) is 3.25. The van der Waals surface area contributed by atoms with E-state index in [1.165, 1.54) is 6.07 Å². The summed E-state index contributed by atoms with van der Waals surface area (Å²) >= 11 is 0. The van der Waals surface area contributed by atoms with Gasteiger partial charge in [0.05, 0.1) is 0 Å². The fraction of sp³-hybridized carbons (Fsp3) is 0.438. The van der Waals surface area contributed by atoms with Crippen LogP contribution in [0.3, 0.4) is 0 Å². The van der Waals surface area contributed by atoms with Crippen LogP contribution >= 0.6 is 0 Å². The molecule has 3 rings (SSSR count). The molecule has 2 saturated heterocycles. The number of aromatic hydroxyl groups is 1. The molecule has 0 radical (unpaired) electrons. The predicted octanol–water partition coefficient (Wildman–Crippen LogP) is 1.45. The van der Waals surface area contributed by atoms with Crippen LogP contribution in [0.2, 0.25) is 0 Å². The molecule has 0 aliphatic carbocycles. The number of benzene rings is 1. The van der Waals surface area contributed by atoms with Crippen LogP contribution in [0.25, 0.3) is 0 Å². The van der Waals surface area contributed by atoms with Gasteiger partial charge in [-0.05, 0) is 30.5 Å². The van der Waals surface area contributed by atoms with Crippen molar-refractivity contribution in [3.63, 3.8) is 0 Å². The highest BCUT2D eigenvalue weighted by Crippen LogP contribution is 2.34. The minimum atomic E-state index is -4.36. The van der Waals surface area contributed by atoms with Crippen molar-refractivity contribution >= 4 is 21.8 Å². The van der Waals surface area contributed by atoms with Crippen LogP contribution < -0.4 is 9.03 Å². The summed E-state index contributed by atoms with van der Waals surface area (Å²) in [5.41, 5.74) is -0.00478. The van der Waals surface area contributed by atoms with Crippen LogP contribution in [0.4, 0.5) is 23.2 Å². The molecule has 1 amide bonds. The SMILES string of the molecule is O=C1CN(c2c(O)cc(CCN3CC/C(=C/C(F)(F)F)C3)cc2F)S(=O)(=O)N1. The summed E-state index contributed by atoms with van der Waals surface area (Å²) in [7, 11) is -4.27. The molecule has 2 heterocycles. The number of nitrogens with one attached hydrogen (secondary N) is 1. The van der Waals surface area contributed by atoms with Crippen LogP contribution in [0, 0.1) is 5.82 Å². The summed E-state index contributed by atoms with van der Waals surface area (Å²) in [4.78, 5) is 13.1. The Balaban J connectivity index is 1.69. The zero-order valence-electron chi connectivity index (χ0n) is 14.5. The average Bonchev–Trinajstić information content (AvgIpc) is 3.06. The van der Waals surface area contributed by atoms with E-state index in [2.05, 4.69) is 0 Å². The Labute approximate surface area is 158 Å². The van der Waals surface area contributed by atoms with E-state index in [4.69, 9.17) is 0 Å². The van der Waals surface area contributed by atoms with Crippen molar-refractivity contribution in [1.29, 1.82) is 0 Å². The summed E-state index contributed by atoms with van der Waals surface area (Å²) in [6.07, 6.45) is -3.53. The van der Waals surface area contributed by atoms with Gasteiger partial charge >= 0.3 is 16.4 Å². The van der Waals surface area contributed by atoms with Gasteiger partial charge in [0, 0.05) is 25.7 Å². The first-order valence-electron chi connectivity index (χ1n) is 8.29. The van der Waals surface area contributed by atoms with Crippen LogP contribution in [0.1, 0.15) is 12.0 Å².